The molecule has 0 heterocycles. The van der Waals surface area contributed by atoms with Crippen LogP contribution in [0.3, 0.4) is 0 Å². The first kappa shape index (κ1) is 35.0. The fourth-order valence-electron chi connectivity index (χ4n) is 3.94. The van der Waals surface area contributed by atoms with E-state index in [0.717, 1.165) is 17.9 Å². The molecule has 0 amide bonds. The molecule has 0 rings (SSSR count). The molecule has 0 aromatic rings. The van der Waals surface area contributed by atoms with Crippen molar-refractivity contribution in [3.8, 4) is 0 Å². The lowest BCUT2D eigenvalue weighted by atomic mass is 10.1. The van der Waals surface area contributed by atoms with E-state index in [0.29, 0.717) is 0 Å². The zero-order valence-corrected chi connectivity index (χ0v) is 25.8. The standard InChI is InChI=1S/C15H36N2.C14H34N2/c1-16(2,3)14-12-10-8-7-9-11-13-15-17(4,5)6;1-15(2,3)13-11-9-7-8-10-12-14-16(4,5)6/h7-15H2,1-6H3;7-14H2,1-6H3/q2*+2. The third-order valence-corrected chi connectivity index (χ3v) is 6.07. The van der Waals surface area contributed by atoms with Gasteiger partial charge in [0.25, 0.3) is 0 Å². The van der Waals surface area contributed by atoms with Crippen LogP contribution in [0.1, 0.15) is 83.5 Å². The maximum absolute atomic E-state index is 2.28. The lowest BCUT2D eigenvalue weighted by Gasteiger charge is -2.24. The molecule has 0 aliphatic heterocycles. The van der Waals surface area contributed by atoms with E-state index in [4.69, 9.17) is 0 Å². The molecule has 0 bridgehead atoms. The highest BCUT2D eigenvalue weighted by molar-refractivity contribution is 4.47. The summed E-state index contributed by atoms with van der Waals surface area (Å²) in [7, 11) is 27.4. The van der Waals surface area contributed by atoms with E-state index < -0.39 is 0 Å². The Morgan fingerprint density at radius 3 is 0.455 bits per heavy atom. The monoisotopic (exact) mass is 475 g/mol. The summed E-state index contributed by atoms with van der Waals surface area (Å²) in [6, 6.07) is 0. The van der Waals surface area contributed by atoms with E-state index in [2.05, 4.69) is 84.6 Å². The average Bonchev–Trinajstić information content (AvgIpc) is 2.59. The topological polar surface area (TPSA) is 0 Å². The van der Waals surface area contributed by atoms with Crippen LogP contribution in [0.5, 0.6) is 0 Å². The predicted molar refractivity (Wildman–Crippen MR) is 152 cm³/mol. The second-order valence-corrected chi connectivity index (χ2v) is 14.7. The van der Waals surface area contributed by atoms with Crippen LogP contribution in [-0.2, 0) is 0 Å². The Balaban J connectivity index is 0. The molecule has 0 spiro atoms. The number of quaternary nitrogens is 4. The summed E-state index contributed by atoms with van der Waals surface area (Å²) in [5.74, 6) is 0. The first-order valence-electron chi connectivity index (χ1n) is 14.1. The molecular formula is C29H70N4+4. The molecule has 0 atom stereocenters. The lowest BCUT2D eigenvalue weighted by Crippen LogP contribution is -2.35. The molecule has 0 aromatic carbocycles. The van der Waals surface area contributed by atoms with Gasteiger partial charge in [-0.1, -0.05) is 32.1 Å². The second kappa shape index (κ2) is 18.2. The van der Waals surface area contributed by atoms with Crippen molar-refractivity contribution < 1.29 is 17.9 Å². The Morgan fingerprint density at radius 2 is 0.333 bits per heavy atom. The number of rotatable bonds is 19. The molecule has 0 saturated heterocycles. The van der Waals surface area contributed by atoms with Gasteiger partial charge in [-0.2, -0.15) is 0 Å². The van der Waals surface area contributed by atoms with E-state index in [1.54, 1.807) is 0 Å². The van der Waals surface area contributed by atoms with Crippen LogP contribution in [0, 0.1) is 0 Å². The minimum atomic E-state index is 1.11. The molecule has 0 aliphatic rings. The number of hydrogen-bond donors (Lipinski definition) is 0. The van der Waals surface area contributed by atoms with Crippen molar-refractivity contribution in [2.75, 3.05) is 111 Å². The summed E-state index contributed by atoms with van der Waals surface area (Å²) in [6.45, 7) is 5.28. The van der Waals surface area contributed by atoms with E-state index in [1.807, 2.05) is 0 Å². The zero-order valence-electron chi connectivity index (χ0n) is 25.8. The Hall–Kier alpha value is -0.160. The summed E-state index contributed by atoms with van der Waals surface area (Å²) >= 11 is 0. The molecule has 0 N–H and O–H groups in total. The Morgan fingerprint density at radius 1 is 0.212 bits per heavy atom. The lowest BCUT2D eigenvalue weighted by molar-refractivity contribution is -0.870. The van der Waals surface area contributed by atoms with E-state index in [9.17, 15) is 0 Å². The summed E-state index contributed by atoms with van der Waals surface area (Å²) in [4.78, 5) is 0. The van der Waals surface area contributed by atoms with Crippen molar-refractivity contribution in [3.05, 3.63) is 0 Å². The maximum atomic E-state index is 2.28. The van der Waals surface area contributed by atoms with Gasteiger partial charge in [0.15, 0.2) is 0 Å². The van der Waals surface area contributed by atoms with Gasteiger partial charge in [0.2, 0.25) is 0 Å². The summed E-state index contributed by atoms with van der Waals surface area (Å²) in [5, 5.41) is 0. The molecule has 0 fully saturated rings. The third-order valence-electron chi connectivity index (χ3n) is 6.07. The maximum Gasteiger partial charge on any atom is 0.0780 e. The molecule has 4 nitrogen and oxygen atoms in total. The van der Waals surface area contributed by atoms with Gasteiger partial charge in [-0.15, -0.1) is 0 Å². The minimum absolute atomic E-state index is 1.11. The van der Waals surface area contributed by atoms with Gasteiger partial charge in [0.05, 0.1) is 111 Å². The van der Waals surface area contributed by atoms with Crippen LogP contribution in [0.15, 0.2) is 0 Å². The van der Waals surface area contributed by atoms with Gasteiger partial charge < -0.3 is 17.9 Å². The predicted octanol–water partition coefficient (Wildman–Crippen LogP) is 5.87. The molecule has 0 aliphatic carbocycles. The van der Waals surface area contributed by atoms with Gasteiger partial charge in [-0.05, 0) is 51.4 Å². The van der Waals surface area contributed by atoms with Gasteiger partial charge in [-0.3, -0.25) is 0 Å². The number of hydrogen-bond acceptors (Lipinski definition) is 0. The second-order valence-electron chi connectivity index (χ2n) is 14.7. The first-order valence-corrected chi connectivity index (χ1v) is 14.1. The van der Waals surface area contributed by atoms with Crippen LogP contribution in [0.4, 0.5) is 0 Å². The highest BCUT2D eigenvalue weighted by atomic mass is 15.3. The van der Waals surface area contributed by atoms with Crippen molar-refractivity contribution in [2.24, 2.45) is 0 Å². The zero-order chi connectivity index (χ0) is 26.0. The van der Waals surface area contributed by atoms with Crippen LogP contribution < -0.4 is 0 Å². The molecule has 0 radical (unpaired) electrons. The summed E-state index contributed by atoms with van der Waals surface area (Å²) < 4.78 is 4.45. The molecule has 4 heteroatoms. The van der Waals surface area contributed by atoms with Gasteiger partial charge in [-0.25, -0.2) is 0 Å². The van der Waals surface area contributed by atoms with Crippen LogP contribution in [0.25, 0.3) is 0 Å². The van der Waals surface area contributed by atoms with Crippen LogP contribution >= 0.6 is 0 Å². The Labute approximate surface area is 212 Å². The van der Waals surface area contributed by atoms with Crippen molar-refractivity contribution >= 4 is 0 Å². The van der Waals surface area contributed by atoms with Gasteiger partial charge in [0.1, 0.15) is 0 Å². The Bertz CT molecular complexity index is 379. The average molecular weight is 475 g/mol. The third kappa shape index (κ3) is 39.4. The van der Waals surface area contributed by atoms with Gasteiger partial charge in [0, 0.05) is 0 Å². The quantitative estimate of drug-likeness (QED) is 0.162. The van der Waals surface area contributed by atoms with E-state index >= 15 is 0 Å². The molecular weight excluding hydrogens is 404 g/mol. The normalized spacial score (nSPS) is 13.1. The molecule has 0 unspecified atom stereocenters. The van der Waals surface area contributed by atoms with Crippen molar-refractivity contribution in [1.29, 1.82) is 0 Å². The largest absolute Gasteiger partial charge is 0.331 e. The van der Waals surface area contributed by atoms with Crippen molar-refractivity contribution in [3.63, 3.8) is 0 Å². The van der Waals surface area contributed by atoms with Crippen LogP contribution in [-0.4, -0.2) is 129 Å². The fraction of sp³-hybridized carbons (Fsp3) is 1.00. The van der Waals surface area contributed by atoms with Crippen molar-refractivity contribution in [1.82, 2.24) is 0 Å². The molecule has 33 heavy (non-hydrogen) atoms. The Kier molecular flexibility index (Phi) is 19.3. The fourth-order valence-corrected chi connectivity index (χ4v) is 3.94. The van der Waals surface area contributed by atoms with E-state index in [1.165, 1.54) is 110 Å². The highest BCUT2D eigenvalue weighted by Crippen LogP contribution is 2.10. The minimum Gasteiger partial charge on any atom is -0.331 e. The number of unbranched alkanes of at least 4 members (excludes halogenated alkanes) is 11. The molecule has 202 valence electrons. The van der Waals surface area contributed by atoms with Crippen LogP contribution in [0.2, 0.25) is 0 Å². The van der Waals surface area contributed by atoms with Crippen molar-refractivity contribution in [2.45, 2.75) is 83.5 Å². The summed E-state index contributed by atoms with van der Waals surface area (Å²) in [5.41, 5.74) is 0. The first-order chi connectivity index (χ1) is 14.9. The SMILES string of the molecule is C[N+](C)(C)CCCCCCCCC[N+](C)(C)C.C[N+](C)(C)CCCCCCCC[N+](C)(C)C. The molecule has 0 saturated carbocycles. The highest BCUT2D eigenvalue weighted by Gasteiger charge is 2.08. The summed E-state index contributed by atoms with van der Waals surface area (Å²) in [6.07, 6.45) is 18.4. The molecule has 0 aromatic heterocycles. The van der Waals surface area contributed by atoms with E-state index in [-0.39, 0.29) is 0 Å². The smallest absolute Gasteiger partial charge is 0.0780 e. The van der Waals surface area contributed by atoms with Gasteiger partial charge >= 0.3 is 0 Å². The number of nitrogens with zero attached hydrogens (tertiary/aromatic N) is 4.